The molecular formula is C17H15N3O3S2. The molecule has 1 heterocycles. The van der Waals surface area contributed by atoms with Crippen LogP contribution in [0.3, 0.4) is 0 Å². The Morgan fingerprint density at radius 2 is 2.00 bits per heavy atom. The lowest BCUT2D eigenvalue weighted by Crippen LogP contribution is -2.99. The van der Waals surface area contributed by atoms with Crippen LogP contribution in [0.15, 0.2) is 59.5 Å². The fourth-order valence-electron chi connectivity index (χ4n) is 2.27. The number of amides is 1. The standard InChI is InChI=1S/C17H15N3O3S2/c21-16-15(9-12-5-2-1-3-6-12)25-17(24)19(16)11-18-13-7-4-8-14(10-13)20(22)23/h1-10,18,20,22H,11H2. The van der Waals surface area contributed by atoms with Crippen LogP contribution in [0.25, 0.3) is 6.08 Å². The van der Waals surface area contributed by atoms with Gasteiger partial charge in [0, 0.05) is 17.8 Å². The third-order valence-corrected chi connectivity index (χ3v) is 4.90. The summed E-state index contributed by atoms with van der Waals surface area (Å²) >= 11 is 6.54. The van der Waals surface area contributed by atoms with Crippen molar-refractivity contribution in [3.05, 3.63) is 70.3 Å². The van der Waals surface area contributed by atoms with Crippen molar-refractivity contribution in [2.24, 2.45) is 0 Å². The minimum atomic E-state index is -1.000. The van der Waals surface area contributed by atoms with Crippen LogP contribution in [-0.4, -0.2) is 27.0 Å². The topological polar surface area (TPSA) is 80.1 Å². The largest absolute Gasteiger partial charge is 0.595 e. The molecular weight excluding hydrogens is 358 g/mol. The number of benzene rings is 2. The molecule has 3 N–H and O–H groups in total. The number of carbonyl (C=O) groups excluding carboxylic acids is 1. The molecule has 0 aromatic heterocycles. The van der Waals surface area contributed by atoms with Gasteiger partial charge in [0.2, 0.25) is 0 Å². The van der Waals surface area contributed by atoms with Gasteiger partial charge in [0.1, 0.15) is 4.32 Å². The summed E-state index contributed by atoms with van der Waals surface area (Å²) in [5, 5.41) is 22.1. The van der Waals surface area contributed by atoms with Gasteiger partial charge < -0.3 is 10.5 Å². The Labute approximate surface area is 154 Å². The third-order valence-electron chi connectivity index (χ3n) is 3.52. The molecule has 0 spiro atoms. The van der Waals surface area contributed by atoms with E-state index < -0.39 is 5.23 Å². The monoisotopic (exact) mass is 373 g/mol. The van der Waals surface area contributed by atoms with Crippen molar-refractivity contribution < 1.29 is 15.2 Å². The number of nitrogens with one attached hydrogen (secondary N) is 2. The van der Waals surface area contributed by atoms with Crippen molar-refractivity contribution in [3.8, 4) is 0 Å². The van der Waals surface area contributed by atoms with Gasteiger partial charge in [-0.05, 0) is 17.7 Å². The zero-order valence-electron chi connectivity index (χ0n) is 13.0. The number of nitrogens with zero attached hydrogens (tertiary/aromatic N) is 1. The van der Waals surface area contributed by atoms with Crippen LogP contribution in [0, 0.1) is 5.21 Å². The summed E-state index contributed by atoms with van der Waals surface area (Å²) in [6.07, 6.45) is 1.81. The number of anilines is 1. The van der Waals surface area contributed by atoms with Gasteiger partial charge in [0.25, 0.3) is 5.91 Å². The molecule has 2 aromatic carbocycles. The fraction of sp³-hybridized carbons (Fsp3) is 0.0588. The predicted octanol–water partition coefficient (Wildman–Crippen LogP) is 2.36. The highest BCUT2D eigenvalue weighted by Crippen LogP contribution is 2.32. The Morgan fingerprint density at radius 3 is 2.72 bits per heavy atom. The fourth-order valence-corrected chi connectivity index (χ4v) is 3.52. The molecule has 0 bridgehead atoms. The van der Waals surface area contributed by atoms with Gasteiger partial charge in [-0.1, -0.05) is 60.4 Å². The zero-order valence-corrected chi connectivity index (χ0v) is 14.6. The van der Waals surface area contributed by atoms with Gasteiger partial charge in [-0.3, -0.25) is 9.69 Å². The lowest BCUT2D eigenvalue weighted by Gasteiger charge is -2.17. The molecule has 0 aliphatic carbocycles. The Balaban J connectivity index is 1.69. The average Bonchev–Trinajstić information content (AvgIpc) is 2.87. The second-order valence-corrected chi connectivity index (χ2v) is 6.92. The van der Waals surface area contributed by atoms with Gasteiger partial charge in [-0.25, -0.2) is 5.21 Å². The first kappa shape index (κ1) is 17.6. The molecule has 1 aliphatic rings. The lowest BCUT2D eigenvalue weighted by molar-refractivity contribution is -0.991. The van der Waals surface area contributed by atoms with E-state index in [1.54, 1.807) is 12.1 Å². The summed E-state index contributed by atoms with van der Waals surface area (Å²) in [6.45, 7) is 0.180. The minimum Gasteiger partial charge on any atom is -0.595 e. The van der Waals surface area contributed by atoms with Crippen molar-refractivity contribution in [1.29, 1.82) is 0 Å². The van der Waals surface area contributed by atoms with Crippen LogP contribution in [0.2, 0.25) is 0 Å². The van der Waals surface area contributed by atoms with E-state index in [2.05, 4.69) is 5.32 Å². The second kappa shape index (κ2) is 7.77. The molecule has 8 heteroatoms. The van der Waals surface area contributed by atoms with Crippen LogP contribution in [-0.2, 0) is 4.79 Å². The molecule has 0 saturated carbocycles. The Morgan fingerprint density at radius 1 is 1.24 bits per heavy atom. The van der Waals surface area contributed by atoms with Crippen LogP contribution >= 0.6 is 24.0 Å². The first-order valence-corrected chi connectivity index (χ1v) is 8.65. The molecule has 1 atom stereocenters. The van der Waals surface area contributed by atoms with Crippen LogP contribution < -0.4 is 10.5 Å². The maximum absolute atomic E-state index is 12.5. The third kappa shape index (κ3) is 4.25. The average molecular weight is 373 g/mol. The van der Waals surface area contributed by atoms with Crippen LogP contribution in [0.5, 0.6) is 0 Å². The van der Waals surface area contributed by atoms with Crippen molar-refractivity contribution >= 4 is 51.7 Å². The van der Waals surface area contributed by atoms with Crippen molar-refractivity contribution in [1.82, 2.24) is 4.90 Å². The summed E-state index contributed by atoms with van der Waals surface area (Å²) in [7, 11) is 0. The number of thioether (sulfide) groups is 1. The van der Waals surface area contributed by atoms with E-state index in [1.807, 2.05) is 36.4 Å². The lowest BCUT2D eigenvalue weighted by atomic mass is 10.2. The predicted molar refractivity (Wildman–Crippen MR) is 102 cm³/mol. The quantitative estimate of drug-likeness (QED) is 0.424. The van der Waals surface area contributed by atoms with E-state index in [9.17, 15) is 10.0 Å². The zero-order chi connectivity index (χ0) is 17.8. The van der Waals surface area contributed by atoms with Crippen molar-refractivity contribution in [3.63, 3.8) is 0 Å². The van der Waals surface area contributed by atoms with E-state index in [-0.39, 0.29) is 18.3 Å². The molecule has 6 nitrogen and oxygen atoms in total. The Hall–Kier alpha value is -2.23. The molecule has 1 saturated heterocycles. The van der Waals surface area contributed by atoms with Crippen LogP contribution in [0.4, 0.5) is 11.4 Å². The smallest absolute Gasteiger partial charge is 0.267 e. The number of rotatable bonds is 5. The first-order valence-electron chi connectivity index (χ1n) is 7.42. The summed E-state index contributed by atoms with van der Waals surface area (Å²) < 4.78 is 0.467. The maximum atomic E-state index is 12.5. The Bertz CT molecular complexity index is 825. The molecule has 1 aliphatic heterocycles. The number of carbonyl (C=O) groups is 1. The van der Waals surface area contributed by atoms with Crippen molar-refractivity contribution in [2.75, 3.05) is 12.0 Å². The van der Waals surface area contributed by atoms with Gasteiger partial charge in [0.15, 0.2) is 5.69 Å². The van der Waals surface area contributed by atoms with Gasteiger partial charge in [-0.2, -0.15) is 5.23 Å². The molecule has 1 fully saturated rings. The number of quaternary nitrogens is 1. The van der Waals surface area contributed by atoms with Gasteiger partial charge >= 0.3 is 0 Å². The normalized spacial score (nSPS) is 17.2. The summed E-state index contributed by atoms with van der Waals surface area (Å²) in [5.41, 5.74) is 1.73. The van der Waals surface area contributed by atoms with Gasteiger partial charge in [0.05, 0.1) is 11.6 Å². The molecule has 3 rings (SSSR count). The number of hydrogen-bond acceptors (Lipinski definition) is 6. The van der Waals surface area contributed by atoms with Crippen LogP contribution in [0.1, 0.15) is 5.56 Å². The summed E-state index contributed by atoms with van der Waals surface area (Å²) in [6, 6.07) is 16.0. The molecule has 2 aromatic rings. The minimum absolute atomic E-state index is 0.166. The maximum Gasteiger partial charge on any atom is 0.267 e. The molecule has 1 amide bonds. The van der Waals surface area contributed by atoms with Gasteiger partial charge in [-0.15, -0.1) is 0 Å². The summed E-state index contributed by atoms with van der Waals surface area (Å²) in [5.74, 6) is -0.166. The molecule has 128 valence electrons. The highest BCUT2D eigenvalue weighted by molar-refractivity contribution is 8.26. The number of thiocarbonyl (C=S) groups is 1. The first-order chi connectivity index (χ1) is 12.0. The van der Waals surface area contributed by atoms with Crippen molar-refractivity contribution in [2.45, 2.75) is 0 Å². The molecule has 1 unspecified atom stereocenters. The highest BCUT2D eigenvalue weighted by atomic mass is 32.2. The van der Waals surface area contributed by atoms with E-state index in [0.29, 0.717) is 14.9 Å². The summed E-state index contributed by atoms with van der Waals surface area (Å²) in [4.78, 5) is 14.6. The van der Waals surface area contributed by atoms with E-state index >= 15 is 0 Å². The molecule has 25 heavy (non-hydrogen) atoms. The SMILES string of the molecule is O=C1C(=Cc2ccccc2)SC(=S)N1CNc1cccc([NH+]([O-])O)c1. The Kier molecular flexibility index (Phi) is 5.47. The number of hydrogen-bond donors (Lipinski definition) is 3. The van der Waals surface area contributed by atoms with E-state index in [0.717, 1.165) is 5.56 Å². The second-order valence-electron chi connectivity index (χ2n) is 5.24. The highest BCUT2D eigenvalue weighted by Gasteiger charge is 2.31. The van der Waals surface area contributed by atoms with E-state index in [1.165, 1.54) is 28.8 Å². The molecule has 0 radical (unpaired) electrons. The van der Waals surface area contributed by atoms with E-state index in [4.69, 9.17) is 17.4 Å².